The molecule has 1 aromatic rings. The third-order valence-corrected chi connectivity index (χ3v) is 7.41. The maximum atomic E-state index is 13.9. The monoisotopic (exact) mass is 457 g/mol. The maximum absolute atomic E-state index is 13.9. The first-order valence-electron chi connectivity index (χ1n) is 12.9. The third kappa shape index (κ3) is 5.51. The molecule has 2 fully saturated rings. The normalized spacial score (nSPS) is 28.2. The van der Waals surface area contributed by atoms with Gasteiger partial charge < -0.3 is 9.47 Å². The lowest BCUT2D eigenvalue weighted by molar-refractivity contribution is -0.127. The van der Waals surface area contributed by atoms with Crippen molar-refractivity contribution in [2.24, 2.45) is 17.8 Å². The van der Waals surface area contributed by atoms with E-state index in [1.54, 1.807) is 22.7 Å². The van der Waals surface area contributed by atoms with Crippen LogP contribution < -0.4 is 4.90 Å². The molecule has 0 spiro atoms. The molecule has 33 heavy (non-hydrogen) atoms. The lowest BCUT2D eigenvalue weighted by Gasteiger charge is -2.36. The van der Waals surface area contributed by atoms with Gasteiger partial charge in [0.15, 0.2) is 5.82 Å². The van der Waals surface area contributed by atoms with Crippen LogP contribution in [-0.4, -0.2) is 41.1 Å². The highest BCUT2D eigenvalue weighted by Gasteiger charge is 2.38. The van der Waals surface area contributed by atoms with Gasteiger partial charge in [-0.15, -0.1) is 5.10 Å². The average Bonchev–Trinajstić information content (AvgIpc) is 3.26. The van der Waals surface area contributed by atoms with E-state index in [9.17, 15) is 9.59 Å². The Morgan fingerprint density at radius 1 is 1.12 bits per heavy atom. The van der Waals surface area contributed by atoms with Gasteiger partial charge in [0.2, 0.25) is 5.91 Å². The number of esters is 1. The number of aromatic nitrogens is 2. The molecule has 0 radical (unpaired) electrons. The van der Waals surface area contributed by atoms with E-state index < -0.39 is 5.97 Å². The van der Waals surface area contributed by atoms with E-state index in [4.69, 9.17) is 14.6 Å². The molecule has 1 saturated heterocycles. The number of nitrogens with zero attached hydrogens (tertiary/aromatic N) is 3. The molecule has 1 aromatic heterocycles. The molecule has 0 aromatic carbocycles. The Morgan fingerprint density at radius 3 is 2.55 bits per heavy atom. The topological polar surface area (TPSA) is 73.7 Å². The van der Waals surface area contributed by atoms with Crippen molar-refractivity contribution < 1.29 is 19.1 Å². The van der Waals surface area contributed by atoms with Crippen molar-refractivity contribution in [3.8, 4) is 0 Å². The zero-order valence-electron chi connectivity index (χ0n) is 20.4. The van der Waals surface area contributed by atoms with Crippen molar-refractivity contribution >= 4 is 23.4 Å². The molecular weight excluding hydrogens is 418 g/mol. The average molecular weight is 458 g/mol. The second-order valence-electron chi connectivity index (χ2n) is 10.1. The summed E-state index contributed by atoms with van der Waals surface area (Å²) in [5.41, 5.74) is 1.43. The number of amides is 1. The van der Waals surface area contributed by atoms with Crippen molar-refractivity contribution in [3.05, 3.63) is 17.8 Å². The highest BCUT2D eigenvalue weighted by molar-refractivity contribution is 6.02. The van der Waals surface area contributed by atoms with Gasteiger partial charge in [-0.1, -0.05) is 19.9 Å². The Kier molecular flexibility index (Phi) is 7.89. The molecule has 2 aliphatic carbocycles. The molecule has 0 N–H and O–H groups in total. The molecule has 2 atom stereocenters. The summed E-state index contributed by atoms with van der Waals surface area (Å²) in [4.78, 5) is 28.6. The predicted octanol–water partition coefficient (Wildman–Crippen LogP) is 5.41. The van der Waals surface area contributed by atoms with Crippen molar-refractivity contribution in [2.75, 3.05) is 18.1 Å². The van der Waals surface area contributed by atoms with Crippen LogP contribution in [0.25, 0.3) is 5.70 Å². The third-order valence-electron chi connectivity index (χ3n) is 7.41. The summed E-state index contributed by atoms with van der Waals surface area (Å²) in [7, 11) is 0. The van der Waals surface area contributed by atoms with Gasteiger partial charge >= 0.3 is 5.97 Å². The Bertz CT molecular complexity index is 863. The summed E-state index contributed by atoms with van der Waals surface area (Å²) < 4.78 is 13.2. The minimum absolute atomic E-state index is 0.0378. The van der Waals surface area contributed by atoms with Crippen LogP contribution in [0.15, 0.2) is 12.3 Å². The van der Waals surface area contributed by atoms with Crippen LogP contribution in [0.3, 0.4) is 0 Å². The molecule has 4 rings (SSSR count). The minimum atomic E-state index is -0.436. The van der Waals surface area contributed by atoms with E-state index in [1.807, 2.05) is 0 Å². The molecule has 1 amide bonds. The fraction of sp³-hybridized carbons (Fsp3) is 0.731. The van der Waals surface area contributed by atoms with Crippen LogP contribution in [0.4, 0.5) is 5.82 Å². The number of ether oxygens (including phenoxy) is 2. The van der Waals surface area contributed by atoms with E-state index in [0.717, 1.165) is 69.9 Å². The number of hydrogen-bond acceptors (Lipinski definition) is 5. The minimum Gasteiger partial charge on any atom is -0.462 e. The highest BCUT2D eigenvalue weighted by Crippen LogP contribution is 2.35. The summed E-state index contributed by atoms with van der Waals surface area (Å²) in [5, 5.41) is 4.84. The summed E-state index contributed by atoms with van der Waals surface area (Å²) >= 11 is 0. The largest absolute Gasteiger partial charge is 0.462 e. The van der Waals surface area contributed by atoms with E-state index >= 15 is 0 Å². The molecule has 2 heterocycles. The van der Waals surface area contributed by atoms with Crippen molar-refractivity contribution in [2.45, 2.75) is 91.2 Å². The standard InChI is InChI=1S/C26H39N3O4/c1-4-32-26(31)22-17-28(21-14-10-19(3)11-15-21)27-24(22)29(23-7-5-6-16-33-23)25(30)20-12-8-18(2)9-13-20/h14,17-20,23H,4-13,15-16H2,1-3H3. The number of carbonyl (C=O) groups excluding carboxylic acids is 2. The van der Waals surface area contributed by atoms with E-state index in [1.165, 1.54) is 0 Å². The fourth-order valence-electron chi connectivity index (χ4n) is 5.22. The first kappa shape index (κ1) is 24.0. The Balaban J connectivity index is 1.72. The summed E-state index contributed by atoms with van der Waals surface area (Å²) in [5.74, 6) is 1.24. The Labute approximate surface area is 197 Å². The molecule has 1 saturated carbocycles. The van der Waals surface area contributed by atoms with E-state index in [2.05, 4.69) is 19.9 Å². The summed E-state index contributed by atoms with van der Waals surface area (Å²) in [6, 6.07) is 0. The lowest BCUT2D eigenvalue weighted by atomic mass is 9.82. The van der Waals surface area contributed by atoms with Crippen LogP contribution in [-0.2, 0) is 14.3 Å². The number of rotatable bonds is 6. The number of allylic oxidation sites excluding steroid dienone is 2. The van der Waals surface area contributed by atoms with Gasteiger partial charge in [0, 0.05) is 24.4 Å². The zero-order chi connectivity index (χ0) is 23.4. The van der Waals surface area contributed by atoms with Gasteiger partial charge in [0.05, 0.1) is 6.61 Å². The van der Waals surface area contributed by atoms with Gasteiger partial charge in [-0.3, -0.25) is 9.69 Å². The molecule has 182 valence electrons. The van der Waals surface area contributed by atoms with Crippen LogP contribution in [0.2, 0.25) is 0 Å². The van der Waals surface area contributed by atoms with Crippen LogP contribution in [0.1, 0.15) is 95.3 Å². The van der Waals surface area contributed by atoms with Crippen LogP contribution in [0.5, 0.6) is 0 Å². The van der Waals surface area contributed by atoms with Crippen molar-refractivity contribution in [3.63, 3.8) is 0 Å². The highest BCUT2D eigenvalue weighted by atomic mass is 16.5. The molecule has 7 heteroatoms. The fourth-order valence-corrected chi connectivity index (χ4v) is 5.22. The van der Waals surface area contributed by atoms with Gasteiger partial charge in [-0.2, -0.15) is 0 Å². The Morgan fingerprint density at radius 2 is 1.91 bits per heavy atom. The number of anilines is 1. The predicted molar refractivity (Wildman–Crippen MR) is 128 cm³/mol. The number of carbonyl (C=O) groups is 2. The molecule has 7 nitrogen and oxygen atoms in total. The second kappa shape index (κ2) is 10.9. The van der Waals surface area contributed by atoms with Crippen molar-refractivity contribution in [1.29, 1.82) is 0 Å². The van der Waals surface area contributed by atoms with Crippen molar-refractivity contribution in [1.82, 2.24) is 9.78 Å². The van der Waals surface area contributed by atoms with E-state index in [0.29, 0.717) is 29.8 Å². The number of hydrogen-bond donors (Lipinski definition) is 0. The Hall–Kier alpha value is -2.15. The molecule has 1 aliphatic heterocycles. The van der Waals surface area contributed by atoms with Gasteiger partial charge in [-0.05, 0) is 83.0 Å². The van der Waals surface area contributed by atoms with Crippen LogP contribution in [0, 0.1) is 17.8 Å². The summed E-state index contributed by atoms with van der Waals surface area (Å²) in [6.45, 7) is 7.19. The lowest BCUT2D eigenvalue weighted by Crippen LogP contribution is -2.48. The SMILES string of the molecule is CCOC(=O)c1cn(C2=CCC(C)CC2)nc1N(C(=O)C1CCC(C)CC1)C1CCCCO1. The molecule has 2 unspecified atom stereocenters. The zero-order valence-corrected chi connectivity index (χ0v) is 20.4. The molecular formula is C26H39N3O4. The molecule has 3 aliphatic rings. The first-order chi connectivity index (χ1) is 16.0. The van der Waals surface area contributed by atoms with Gasteiger partial charge in [0.1, 0.15) is 11.8 Å². The van der Waals surface area contributed by atoms with E-state index in [-0.39, 0.29) is 24.7 Å². The van der Waals surface area contributed by atoms with Gasteiger partial charge in [0.25, 0.3) is 0 Å². The van der Waals surface area contributed by atoms with Gasteiger partial charge in [-0.25, -0.2) is 9.48 Å². The summed E-state index contributed by atoms with van der Waals surface area (Å²) in [6.07, 6.45) is 13.2. The maximum Gasteiger partial charge on any atom is 0.343 e. The smallest absolute Gasteiger partial charge is 0.343 e. The quantitative estimate of drug-likeness (QED) is 0.534. The second-order valence-corrected chi connectivity index (χ2v) is 10.1. The first-order valence-corrected chi connectivity index (χ1v) is 12.9. The molecule has 0 bridgehead atoms. The van der Waals surface area contributed by atoms with Crippen LogP contribution >= 0.6 is 0 Å².